The predicted molar refractivity (Wildman–Crippen MR) is 110 cm³/mol. The number of benzene rings is 1. The van der Waals surface area contributed by atoms with Gasteiger partial charge < -0.3 is 9.84 Å². The van der Waals surface area contributed by atoms with Gasteiger partial charge in [-0.1, -0.05) is 30.3 Å². The van der Waals surface area contributed by atoms with Gasteiger partial charge in [0.2, 0.25) is 0 Å². The Morgan fingerprint density at radius 3 is 2.47 bits per heavy atom. The molecule has 1 atom stereocenters. The largest absolute Gasteiger partial charge is 0.506 e. The van der Waals surface area contributed by atoms with Gasteiger partial charge in [-0.25, -0.2) is 9.97 Å². The van der Waals surface area contributed by atoms with E-state index >= 15 is 0 Å². The second-order valence-electron chi connectivity index (χ2n) is 6.91. The zero-order chi connectivity index (χ0) is 22.9. The van der Waals surface area contributed by atoms with Crippen molar-refractivity contribution in [3.8, 4) is 17.3 Å². The summed E-state index contributed by atoms with van der Waals surface area (Å²) in [6, 6.07) is 13.0. The molecule has 7 nitrogen and oxygen atoms in total. The zero-order valence-electron chi connectivity index (χ0n) is 16.7. The number of aromatic nitrogens is 4. The van der Waals surface area contributed by atoms with Crippen molar-refractivity contribution >= 4 is 10.9 Å². The topological polar surface area (TPSA) is 90.1 Å². The quantitative estimate of drug-likeness (QED) is 0.503. The lowest BCUT2D eigenvalue weighted by molar-refractivity contribution is -0.139. The monoisotopic (exact) mass is 442 g/mol. The highest BCUT2D eigenvalue weighted by Crippen LogP contribution is 2.33. The molecule has 0 bridgehead atoms. The number of hydrogen-bond acceptors (Lipinski definition) is 6. The van der Waals surface area contributed by atoms with Crippen LogP contribution in [-0.4, -0.2) is 31.7 Å². The van der Waals surface area contributed by atoms with Crippen molar-refractivity contribution in [2.75, 3.05) is 7.11 Å². The molecule has 0 fully saturated rings. The molecule has 164 valence electrons. The Hall–Kier alpha value is -3.79. The summed E-state index contributed by atoms with van der Waals surface area (Å²) in [5, 5.41) is 9.64. The number of hydrogen-bond donors (Lipinski definition) is 1. The van der Waals surface area contributed by atoms with Crippen LogP contribution in [0.2, 0.25) is 0 Å². The first-order valence-electron chi connectivity index (χ1n) is 9.50. The number of halogens is 3. The van der Waals surface area contributed by atoms with Gasteiger partial charge in [0.25, 0.3) is 5.56 Å². The van der Waals surface area contributed by atoms with Crippen LogP contribution in [-0.2, 0) is 17.3 Å². The van der Waals surface area contributed by atoms with E-state index in [-0.39, 0.29) is 29.2 Å². The number of rotatable bonds is 5. The smallest absolute Gasteiger partial charge is 0.434 e. The number of nitrogens with zero attached hydrogens (tertiary/aromatic N) is 4. The molecule has 0 amide bonds. The molecule has 10 heteroatoms. The number of fused-ring (bicyclic) bond motifs is 1. The van der Waals surface area contributed by atoms with E-state index < -0.39 is 29.0 Å². The standard InChI is InChI=1S/C22H17F3N4O3/c1-32-16(12-13-6-3-2-4-7-13)29-20(18-15(30)8-5-10-26-18)28-14-9-11-27-19(22(23,24)25)17(14)21(29)31/h2-11,16,30H,12H2,1H3. The molecule has 1 aromatic carbocycles. The first kappa shape index (κ1) is 21.4. The maximum Gasteiger partial charge on any atom is 0.434 e. The molecule has 3 aromatic heterocycles. The molecule has 4 rings (SSSR count). The molecule has 0 saturated heterocycles. The average Bonchev–Trinajstić information content (AvgIpc) is 2.78. The molecule has 0 aliphatic carbocycles. The first-order chi connectivity index (χ1) is 15.3. The van der Waals surface area contributed by atoms with Crippen molar-refractivity contribution < 1.29 is 23.0 Å². The van der Waals surface area contributed by atoms with Crippen LogP contribution in [0.1, 0.15) is 17.5 Å². The van der Waals surface area contributed by atoms with Gasteiger partial charge in [0, 0.05) is 25.9 Å². The molecule has 0 aliphatic rings. The van der Waals surface area contributed by atoms with Crippen molar-refractivity contribution in [1.29, 1.82) is 0 Å². The fourth-order valence-corrected chi connectivity index (χ4v) is 3.45. The van der Waals surface area contributed by atoms with Crippen LogP contribution >= 0.6 is 0 Å². The highest BCUT2D eigenvalue weighted by Gasteiger charge is 2.37. The van der Waals surface area contributed by atoms with E-state index in [2.05, 4.69) is 15.0 Å². The lowest BCUT2D eigenvalue weighted by atomic mass is 10.1. The van der Waals surface area contributed by atoms with E-state index in [4.69, 9.17) is 4.74 Å². The second kappa shape index (κ2) is 8.39. The molecule has 1 N–H and O–H groups in total. The maximum atomic E-state index is 13.6. The van der Waals surface area contributed by atoms with Crippen molar-refractivity contribution in [2.24, 2.45) is 0 Å². The molecule has 32 heavy (non-hydrogen) atoms. The normalized spacial score (nSPS) is 12.8. The van der Waals surface area contributed by atoms with E-state index in [1.807, 2.05) is 6.07 Å². The van der Waals surface area contributed by atoms with Crippen LogP contribution in [0.15, 0.2) is 65.7 Å². The Kier molecular flexibility index (Phi) is 5.62. The Labute approximate surface area is 179 Å². The Morgan fingerprint density at radius 2 is 1.81 bits per heavy atom. The van der Waals surface area contributed by atoms with E-state index in [9.17, 15) is 23.1 Å². The molecule has 4 aromatic rings. The number of alkyl halides is 3. The SMILES string of the molecule is COC(Cc1ccccc1)n1c(-c2ncccc2O)nc2ccnc(C(F)(F)F)c2c1=O. The highest BCUT2D eigenvalue weighted by atomic mass is 19.4. The lowest BCUT2D eigenvalue weighted by Gasteiger charge is -2.23. The fourth-order valence-electron chi connectivity index (χ4n) is 3.45. The molecule has 1 unspecified atom stereocenters. The molecular formula is C22H17F3N4O3. The zero-order valence-corrected chi connectivity index (χ0v) is 16.7. The van der Waals surface area contributed by atoms with Crippen LogP contribution < -0.4 is 5.56 Å². The Bertz CT molecular complexity index is 1320. The highest BCUT2D eigenvalue weighted by molar-refractivity contribution is 5.82. The van der Waals surface area contributed by atoms with E-state index in [1.165, 1.54) is 31.5 Å². The summed E-state index contributed by atoms with van der Waals surface area (Å²) in [7, 11) is 1.33. The molecular weight excluding hydrogens is 425 g/mol. The third kappa shape index (κ3) is 3.92. The van der Waals surface area contributed by atoms with E-state index in [1.54, 1.807) is 24.3 Å². The summed E-state index contributed by atoms with van der Waals surface area (Å²) in [5.74, 6) is -0.408. The first-order valence-corrected chi connectivity index (χ1v) is 9.50. The summed E-state index contributed by atoms with van der Waals surface area (Å²) >= 11 is 0. The summed E-state index contributed by atoms with van der Waals surface area (Å²) in [5.41, 5.74) is -1.84. The van der Waals surface area contributed by atoms with Crippen molar-refractivity contribution in [1.82, 2.24) is 19.5 Å². The van der Waals surface area contributed by atoms with Crippen molar-refractivity contribution in [3.63, 3.8) is 0 Å². The number of ether oxygens (including phenoxy) is 1. The summed E-state index contributed by atoms with van der Waals surface area (Å²) in [6.45, 7) is 0. The number of methoxy groups -OCH3 is 1. The minimum Gasteiger partial charge on any atom is -0.506 e. The minimum atomic E-state index is -4.87. The summed E-state index contributed by atoms with van der Waals surface area (Å²) in [6.07, 6.45) is -3.43. The Morgan fingerprint density at radius 1 is 1.06 bits per heavy atom. The molecule has 3 heterocycles. The van der Waals surface area contributed by atoms with Gasteiger partial charge in [-0.15, -0.1) is 0 Å². The van der Waals surface area contributed by atoms with Crippen LogP contribution in [0, 0.1) is 0 Å². The lowest BCUT2D eigenvalue weighted by Crippen LogP contribution is -2.31. The van der Waals surface area contributed by atoms with Crippen LogP contribution in [0.5, 0.6) is 5.75 Å². The van der Waals surface area contributed by atoms with E-state index in [0.29, 0.717) is 0 Å². The number of aromatic hydroxyl groups is 1. The van der Waals surface area contributed by atoms with Crippen LogP contribution in [0.25, 0.3) is 22.4 Å². The third-order valence-corrected chi connectivity index (χ3v) is 4.90. The predicted octanol–water partition coefficient (Wildman–Crippen LogP) is 3.97. The van der Waals surface area contributed by atoms with Gasteiger partial charge in [-0.2, -0.15) is 13.2 Å². The van der Waals surface area contributed by atoms with Crippen LogP contribution in [0.3, 0.4) is 0 Å². The van der Waals surface area contributed by atoms with Gasteiger partial charge in [-0.3, -0.25) is 14.3 Å². The van der Waals surface area contributed by atoms with Crippen molar-refractivity contribution in [2.45, 2.75) is 18.8 Å². The molecule has 0 radical (unpaired) electrons. The summed E-state index contributed by atoms with van der Waals surface area (Å²) < 4.78 is 47.4. The molecule has 0 saturated carbocycles. The third-order valence-electron chi connectivity index (χ3n) is 4.90. The second-order valence-corrected chi connectivity index (χ2v) is 6.91. The average molecular weight is 442 g/mol. The minimum absolute atomic E-state index is 0.0630. The summed E-state index contributed by atoms with van der Waals surface area (Å²) in [4.78, 5) is 25.2. The van der Waals surface area contributed by atoms with Gasteiger partial charge in [0.15, 0.2) is 11.5 Å². The Balaban J connectivity index is 2.05. The van der Waals surface area contributed by atoms with Crippen molar-refractivity contribution in [3.05, 3.63) is 82.5 Å². The molecule has 0 spiro atoms. The molecule has 0 aliphatic heterocycles. The number of pyridine rings is 2. The van der Waals surface area contributed by atoms with Gasteiger partial charge in [0.1, 0.15) is 17.7 Å². The van der Waals surface area contributed by atoms with Gasteiger partial charge >= 0.3 is 6.18 Å². The fraction of sp³-hybridized carbons (Fsp3) is 0.182. The maximum absolute atomic E-state index is 13.6. The van der Waals surface area contributed by atoms with E-state index in [0.717, 1.165) is 16.3 Å². The van der Waals surface area contributed by atoms with Gasteiger partial charge in [-0.05, 0) is 23.8 Å². The van der Waals surface area contributed by atoms with Crippen LogP contribution in [0.4, 0.5) is 13.2 Å². The van der Waals surface area contributed by atoms with Gasteiger partial charge in [0.05, 0.1) is 10.9 Å².